The molecule has 2 aromatic heterocycles. The third kappa shape index (κ3) is 3.29. The van der Waals surface area contributed by atoms with Crippen LogP contribution in [0.2, 0.25) is 5.02 Å². The molecule has 0 aliphatic rings. The Morgan fingerprint density at radius 2 is 1.83 bits per heavy atom. The molecule has 5 rings (SSSR count). The third-order valence-corrected chi connectivity index (χ3v) is 5.55. The van der Waals surface area contributed by atoms with Crippen molar-refractivity contribution in [2.75, 3.05) is 0 Å². The maximum atomic E-state index is 12.9. The van der Waals surface area contributed by atoms with Gasteiger partial charge in [-0.2, -0.15) is 0 Å². The van der Waals surface area contributed by atoms with Crippen LogP contribution in [0, 0.1) is 6.92 Å². The van der Waals surface area contributed by atoms with Crippen molar-refractivity contribution in [3.63, 3.8) is 0 Å². The number of rotatable bonds is 4. The van der Waals surface area contributed by atoms with Crippen molar-refractivity contribution in [2.45, 2.75) is 19.8 Å². The minimum atomic E-state index is -0.0445. The molecule has 30 heavy (non-hydrogen) atoms. The summed E-state index contributed by atoms with van der Waals surface area (Å²) in [6.07, 6.45) is 2.69. The van der Waals surface area contributed by atoms with Gasteiger partial charge in [0.25, 0.3) is 0 Å². The van der Waals surface area contributed by atoms with E-state index in [1.165, 1.54) is 5.56 Å². The number of nitrogens with zero attached hydrogens (tertiary/aromatic N) is 2. The van der Waals surface area contributed by atoms with Gasteiger partial charge < -0.3 is 4.42 Å². The summed E-state index contributed by atoms with van der Waals surface area (Å²) in [4.78, 5) is 17.8. The summed E-state index contributed by atoms with van der Waals surface area (Å²) in [6.45, 7) is 2.06. The Kier molecular flexibility index (Phi) is 4.64. The van der Waals surface area contributed by atoms with Crippen LogP contribution in [0.4, 0.5) is 0 Å². The van der Waals surface area contributed by atoms with E-state index in [0.717, 1.165) is 22.5 Å². The maximum Gasteiger partial charge on any atom is 0.195 e. The zero-order valence-electron chi connectivity index (χ0n) is 16.4. The van der Waals surface area contributed by atoms with Crippen LogP contribution in [0.25, 0.3) is 27.7 Å². The average molecular weight is 415 g/mol. The number of aromatic nitrogens is 2. The molecule has 2 heterocycles. The highest BCUT2D eigenvalue weighted by molar-refractivity contribution is 6.31. The van der Waals surface area contributed by atoms with Gasteiger partial charge in [-0.1, -0.05) is 35.9 Å². The van der Waals surface area contributed by atoms with E-state index >= 15 is 0 Å². The number of halogens is 1. The fourth-order valence-electron chi connectivity index (χ4n) is 3.84. The van der Waals surface area contributed by atoms with Gasteiger partial charge in [0.15, 0.2) is 5.43 Å². The van der Waals surface area contributed by atoms with Gasteiger partial charge in [0.2, 0.25) is 0 Å². The minimum Gasteiger partial charge on any atom is -0.464 e. The van der Waals surface area contributed by atoms with Crippen molar-refractivity contribution in [1.82, 2.24) is 9.55 Å². The van der Waals surface area contributed by atoms with Crippen LogP contribution in [0.15, 0.2) is 82.2 Å². The summed E-state index contributed by atoms with van der Waals surface area (Å²) in [5.41, 5.74) is 5.34. The Morgan fingerprint density at radius 3 is 2.67 bits per heavy atom. The molecule has 0 N–H and O–H groups in total. The van der Waals surface area contributed by atoms with Crippen LogP contribution in [0.1, 0.15) is 17.0 Å². The molecule has 148 valence electrons. The fraction of sp³-hybridized carbons (Fsp3) is 0.120. The second kappa shape index (κ2) is 7.47. The maximum absolute atomic E-state index is 12.9. The van der Waals surface area contributed by atoms with E-state index in [9.17, 15) is 4.79 Å². The first-order chi connectivity index (χ1) is 14.6. The highest BCUT2D eigenvalue weighted by Crippen LogP contribution is 2.24. The van der Waals surface area contributed by atoms with Crippen molar-refractivity contribution < 1.29 is 4.42 Å². The molecule has 5 aromatic rings. The fourth-order valence-corrected chi connectivity index (χ4v) is 4.01. The van der Waals surface area contributed by atoms with Gasteiger partial charge in [0.1, 0.15) is 11.4 Å². The number of hydrogen-bond acceptors (Lipinski definition) is 3. The normalized spacial score (nSPS) is 11.4. The monoisotopic (exact) mass is 414 g/mol. The van der Waals surface area contributed by atoms with Gasteiger partial charge in [-0.15, -0.1) is 0 Å². The smallest absolute Gasteiger partial charge is 0.195 e. The molecule has 0 unspecified atom stereocenters. The van der Waals surface area contributed by atoms with Crippen LogP contribution >= 0.6 is 11.6 Å². The molecule has 0 bridgehead atoms. The van der Waals surface area contributed by atoms with Crippen molar-refractivity contribution >= 4 is 33.6 Å². The van der Waals surface area contributed by atoms with E-state index in [2.05, 4.69) is 41.8 Å². The van der Waals surface area contributed by atoms with E-state index in [1.807, 2.05) is 18.2 Å². The van der Waals surface area contributed by atoms with Gasteiger partial charge in [-0.05, 0) is 61.4 Å². The van der Waals surface area contributed by atoms with Crippen LogP contribution < -0.4 is 5.43 Å². The minimum absolute atomic E-state index is 0.0445. The molecule has 0 aliphatic carbocycles. The lowest BCUT2D eigenvalue weighted by atomic mass is 10.1. The molecular formula is C25H19ClN2O2. The average Bonchev–Trinajstić information content (AvgIpc) is 3.11. The Morgan fingerprint density at radius 1 is 1.00 bits per heavy atom. The summed E-state index contributed by atoms with van der Waals surface area (Å²) < 4.78 is 7.83. The lowest BCUT2D eigenvalue weighted by Gasteiger charge is -2.09. The van der Waals surface area contributed by atoms with E-state index in [-0.39, 0.29) is 5.43 Å². The predicted octanol–water partition coefficient (Wildman–Crippen LogP) is 5.88. The molecule has 0 saturated heterocycles. The third-order valence-electron chi connectivity index (χ3n) is 5.32. The number of imidazole rings is 1. The highest BCUT2D eigenvalue weighted by Gasteiger charge is 2.14. The van der Waals surface area contributed by atoms with Crippen molar-refractivity contribution in [3.8, 4) is 5.69 Å². The van der Waals surface area contributed by atoms with Crippen molar-refractivity contribution in [2.24, 2.45) is 0 Å². The lowest BCUT2D eigenvalue weighted by Crippen LogP contribution is -2.11. The van der Waals surface area contributed by atoms with Crippen LogP contribution in [-0.4, -0.2) is 9.55 Å². The van der Waals surface area contributed by atoms with Gasteiger partial charge in [0.05, 0.1) is 22.7 Å². The SMILES string of the molecule is Cc1ccc2c(c1)nc(CCc1coc3ccc(Cl)cc3c1=O)n2-c1ccccc1. The summed E-state index contributed by atoms with van der Waals surface area (Å²) in [6, 6.07) is 21.5. The van der Waals surface area contributed by atoms with Gasteiger partial charge in [-0.3, -0.25) is 9.36 Å². The number of hydrogen-bond donors (Lipinski definition) is 0. The summed E-state index contributed by atoms with van der Waals surface area (Å²) in [7, 11) is 0. The molecule has 3 aromatic carbocycles. The van der Waals surface area contributed by atoms with Crippen LogP contribution in [-0.2, 0) is 12.8 Å². The first-order valence-electron chi connectivity index (χ1n) is 9.83. The highest BCUT2D eigenvalue weighted by atomic mass is 35.5. The molecular weight excluding hydrogens is 396 g/mol. The predicted molar refractivity (Wildman–Crippen MR) is 121 cm³/mol. The number of benzene rings is 3. The molecule has 4 nitrogen and oxygen atoms in total. The second-order valence-corrected chi connectivity index (χ2v) is 7.86. The number of aryl methyl sites for hydroxylation is 3. The Balaban J connectivity index is 1.57. The first-order valence-corrected chi connectivity index (χ1v) is 10.2. The van der Waals surface area contributed by atoms with Gasteiger partial charge in [0, 0.05) is 22.7 Å². The topological polar surface area (TPSA) is 48.0 Å². The molecule has 0 amide bonds. The van der Waals surface area contributed by atoms with Crippen LogP contribution in [0.5, 0.6) is 0 Å². The van der Waals surface area contributed by atoms with Gasteiger partial charge in [-0.25, -0.2) is 4.98 Å². The zero-order valence-corrected chi connectivity index (χ0v) is 17.2. The van der Waals surface area contributed by atoms with Crippen molar-refractivity contribution in [3.05, 3.63) is 105 Å². The lowest BCUT2D eigenvalue weighted by molar-refractivity contribution is 0.591. The zero-order chi connectivity index (χ0) is 20.7. The Hall–Kier alpha value is -3.37. The largest absolute Gasteiger partial charge is 0.464 e. The van der Waals surface area contributed by atoms with E-state index < -0.39 is 0 Å². The number of fused-ring (bicyclic) bond motifs is 2. The van der Waals surface area contributed by atoms with E-state index in [0.29, 0.717) is 34.4 Å². The summed E-state index contributed by atoms with van der Waals surface area (Å²) in [5.74, 6) is 0.910. The van der Waals surface area contributed by atoms with Crippen LogP contribution in [0.3, 0.4) is 0 Å². The molecule has 0 spiro atoms. The van der Waals surface area contributed by atoms with E-state index in [1.54, 1.807) is 24.5 Å². The van der Waals surface area contributed by atoms with Crippen molar-refractivity contribution in [1.29, 1.82) is 0 Å². The molecule has 0 fully saturated rings. The molecule has 0 aliphatic heterocycles. The summed E-state index contributed by atoms with van der Waals surface area (Å²) in [5, 5.41) is 1.03. The Bertz CT molecular complexity index is 1430. The molecule has 0 atom stereocenters. The second-order valence-electron chi connectivity index (χ2n) is 7.42. The Labute approximate surface area is 178 Å². The first kappa shape index (κ1) is 18.6. The van der Waals surface area contributed by atoms with E-state index in [4.69, 9.17) is 21.0 Å². The molecule has 0 saturated carbocycles. The quantitative estimate of drug-likeness (QED) is 0.369. The standard InChI is InChI=1S/C25H19ClN2O2/c1-16-7-10-22-21(13-16)27-24(28(22)19-5-3-2-4-6-19)12-8-17-15-30-23-11-9-18(26)14-20(23)25(17)29/h2-7,9-11,13-15H,8,12H2,1H3. The summed E-state index contributed by atoms with van der Waals surface area (Å²) >= 11 is 6.07. The number of para-hydroxylation sites is 1. The van der Waals surface area contributed by atoms with Gasteiger partial charge >= 0.3 is 0 Å². The molecule has 5 heteroatoms. The molecule has 0 radical (unpaired) electrons.